The third-order valence-electron chi connectivity index (χ3n) is 4.47. The van der Waals surface area contributed by atoms with Crippen LogP contribution in [0.1, 0.15) is 48.8 Å². The van der Waals surface area contributed by atoms with E-state index in [0.29, 0.717) is 12.2 Å². The first-order valence-electron chi connectivity index (χ1n) is 6.19. The van der Waals surface area contributed by atoms with Crippen LogP contribution in [0.25, 0.3) is 0 Å². The van der Waals surface area contributed by atoms with Gasteiger partial charge in [-0.1, -0.05) is 37.1 Å². The standard InChI is InChI=1S/C14H16O/c1-3-7-11-9(5-1)10-6-2-4-8-12(10)14-13(11)15-14/h1,3,5,7,10,12-14H,2,4,6,8H2/t10-,12-,13-,14+/m0/s1. The van der Waals surface area contributed by atoms with Gasteiger partial charge in [-0.15, -0.1) is 0 Å². The molecule has 0 bridgehead atoms. The minimum absolute atomic E-state index is 0.459. The molecule has 1 aliphatic heterocycles. The summed E-state index contributed by atoms with van der Waals surface area (Å²) in [5.74, 6) is 1.64. The zero-order valence-corrected chi connectivity index (χ0v) is 8.86. The highest BCUT2D eigenvalue weighted by atomic mass is 16.6. The zero-order valence-electron chi connectivity index (χ0n) is 8.86. The van der Waals surface area contributed by atoms with Crippen molar-refractivity contribution in [3.63, 3.8) is 0 Å². The number of hydrogen-bond donors (Lipinski definition) is 0. The molecule has 1 aromatic carbocycles. The highest BCUT2D eigenvalue weighted by Gasteiger charge is 2.53. The average Bonchev–Trinajstić information content (AvgIpc) is 3.10. The van der Waals surface area contributed by atoms with Crippen LogP contribution in [0.4, 0.5) is 0 Å². The number of ether oxygens (including phenoxy) is 1. The molecule has 0 amide bonds. The lowest BCUT2D eigenvalue weighted by molar-refractivity contribution is 0.237. The van der Waals surface area contributed by atoms with Crippen LogP contribution in [0.15, 0.2) is 24.3 Å². The van der Waals surface area contributed by atoms with Gasteiger partial charge in [0.05, 0.1) is 6.10 Å². The van der Waals surface area contributed by atoms with Crippen molar-refractivity contribution in [1.29, 1.82) is 0 Å². The largest absolute Gasteiger partial charge is 0.364 e. The molecular weight excluding hydrogens is 184 g/mol. The maximum atomic E-state index is 5.87. The monoisotopic (exact) mass is 200 g/mol. The number of benzene rings is 1. The van der Waals surface area contributed by atoms with E-state index in [1.54, 1.807) is 5.56 Å². The third-order valence-corrected chi connectivity index (χ3v) is 4.47. The van der Waals surface area contributed by atoms with E-state index in [9.17, 15) is 0 Å². The Morgan fingerprint density at radius 1 is 1.00 bits per heavy atom. The molecule has 15 heavy (non-hydrogen) atoms. The number of epoxide rings is 1. The summed E-state index contributed by atoms with van der Waals surface area (Å²) in [6, 6.07) is 8.94. The van der Waals surface area contributed by atoms with E-state index in [1.807, 2.05) is 0 Å². The lowest BCUT2D eigenvalue weighted by Crippen LogP contribution is -2.27. The molecular formula is C14H16O. The SMILES string of the molecule is c1ccc2c(c1)[C@@H]1CCCC[C@@H]1[C@H]1O[C@@H]21. The number of hydrogen-bond acceptors (Lipinski definition) is 1. The van der Waals surface area contributed by atoms with Crippen molar-refractivity contribution in [3.05, 3.63) is 35.4 Å². The van der Waals surface area contributed by atoms with Gasteiger partial charge in [0.15, 0.2) is 0 Å². The van der Waals surface area contributed by atoms with Crippen molar-refractivity contribution >= 4 is 0 Å². The van der Waals surface area contributed by atoms with Gasteiger partial charge in [-0.3, -0.25) is 0 Å². The first kappa shape index (κ1) is 8.35. The zero-order chi connectivity index (χ0) is 9.83. The van der Waals surface area contributed by atoms with Crippen molar-refractivity contribution in [2.75, 3.05) is 0 Å². The quantitative estimate of drug-likeness (QED) is 0.585. The smallest absolute Gasteiger partial charge is 0.110 e. The van der Waals surface area contributed by atoms with Crippen molar-refractivity contribution in [3.8, 4) is 0 Å². The molecule has 1 heterocycles. The van der Waals surface area contributed by atoms with Crippen molar-refractivity contribution in [2.24, 2.45) is 5.92 Å². The van der Waals surface area contributed by atoms with Gasteiger partial charge in [0.25, 0.3) is 0 Å². The van der Waals surface area contributed by atoms with Gasteiger partial charge in [0.2, 0.25) is 0 Å². The van der Waals surface area contributed by atoms with E-state index in [4.69, 9.17) is 4.74 Å². The summed E-state index contributed by atoms with van der Waals surface area (Å²) in [6.07, 6.45) is 6.63. The molecule has 1 nitrogen and oxygen atoms in total. The first-order chi connectivity index (χ1) is 7.45. The molecule has 78 valence electrons. The van der Waals surface area contributed by atoms with E-state index in [0.717, 1.165) is 11.8 Å². The Morgan fingerprint density at radius 2 is 1.80 bits per heavy atom. The fourth-order valence-electron chi connectivity index (χ4n) is 3.75. The molecule has 4 rings (SSSR count). The minimum atomic E-state index is 0.459. The summed E-state index contributed by atoms with van der Waals surface area (Å²) in [4.78, 5) is 0. The highest BCUT2D eigenvalue weighted by Crippen LogP contribution is 2.58. The maximum absolute atomic E-state index is 5.87. The fraction of sp³-hybridized carbons (Fsp3) is 0.571. The van der Waals surface area contributed by atoms with E-state index in [2.05, 4.69) is 24.3 Å². The van der Waals surface area contributed by atoms with Gasteiger partial charge in [0, 0.05) is 0 Å². The molecule has 2 fully saturated rings. The second-order valence-corrected chi connectivity index (χ2v) is 5.21. The average molecular weight is 200 g/mol. The Morgan fingerprint density at radius 3 is 2.73 bits per heavy atom. The summed E-state index contributed by atoms with van der Waals surface area (Å²) in [7, 11) is 0. The Balaban J connectivity index is 1.84. The Kier molecular flexibility index (Phi) is 1.59. The minimum Gasteiger partial charge on any atom is -0.364 e. The van der Waals surface area contributed by atoms with Gasteiger partial charge < -0.3 is 4.74 Å². The molecule has 0 aromatic heterocycles. The van der Waals surface area contributed by atoms with Gasteiger partial charge in [-0.05, 0) is 35.8 Å². The van der Waals surface area contributed by atoms with Gasteiger partial charge >= 0.3 is 0 Å². The van der Waals surface area contributed by atoms with Crippen molar-refractivity contribution in [1.82, 2.24) is 0 Å². The topological polar surface area (TPSA) is 12.5 Å². The van der Waals surface area contributed by atoms with E-state index >= 15 is 0 Å². The first-order valence-corrected chi connectivity index (χ1v) is 6.19. The van der Waals surface area contributed by atoms with E-state index in [-0.39, 0.29) is 0 Å². The molecule has 3 aliphatic rings. The maximum Gasteiger partial charge on any atom is 0.110 e. The molecule has 2 aliphatic carbocycles. The molecule has 1 saturated heterocycles. The van der Waals surface area contributed by atoms with Crippen LogP contribution in [-0.4, -0.2) is 6.10 Å². The Hall–Kier alpha value is -0.820. The molecule has 1 heteroatoms. The summed E-state index contributed by atoms with van der Waals surface area (Å²) < 4.78 is 5.87. The summed E-state index contributed by atoms with van der Waals surface area (Å²) in [5.41, 5.74) is 3.09. The lowest BCUT2D eigenvalue weighted by atomic mass is 9.68. The Labute approximate surface area is 90.4 Å². The van der Waals surface area contributed by atoms with Gasteiger partial charge in [0.1, 0.15) is 6.10 Å². The normalized spacial score (nSPS) is 41.3. The van der Waals surface area contributed by atoms with Crippen LogP contribution < -0.4 is 0 Å². The number of rotatable bonds is 0. The lowest BCUT2D eigenvalue weighted by Gasteiger charge is -2.34. The summed E-state index contributed by atoms with van der Waals surface area (Å²) >= 11 is 0. The fourth-order valence-corrected chi connectivity index (χ4v) is 3.75. The van der Waals surface area contributed by atoms with Crippen molar-refractivity contribution in [2.45, 2.75) is 43.8 Å². The van der Waals surface area contributed by atoms with Crippen LogP contribution >= 0.6 is 0 Å². The molecule has 1 saturated carbocycles. The molecule has 0 N–H and O–H groups in total. The Bertz CT molecular complexity index is 398. The summed E-state index contributed by atoms with van der Waals surface area (Å²) in [5, 5.41) is 0. The van der Waals surface area contributed by atoms with Crippen LogP contribution in [-0.2, 0) is 4.74 Å². The second-order valence-electron chi connectivity index (χ2n) is 5.21. The number of fused-ring (bicyclic) bond motifs is 6. The predicted octanol–water partition coefficient (Wildman–Crippen LogP) is 3.41. The van der Waals surface area contributed by atoms with Crippen LogP contribution in [0.3, 0.4) is 0 Å². The third kappa shape index (κ3) is 1.07. The molecule has 1 aromatic rings. The highest BCUT2D eigenvalue weighted by molar-refractivity contribution is 5.40. The van der Waals surface area contributed by atoms with Gasteiger partial charge in [-0.2, -0.15) is 0 Å². The van der Waals surface area contributed by atoms with Crippen LogP contribution in [0.5, 0.6) is 0 Å². The molecule has 0 radical (unpaired) electrons. The van der Waals surface area contributed by atoms with E-state index < -0.39 is 0 Å². The van der Waals surface area contributed by atoms with Crippen molar-refractivity contribution < 1.29 is 4.74 Å². The summed E-state index contributed by atoms with van der Waals surface area (Å²) in [6.45, 7) is 0. The van der Waals surface area contributed by atoms with Gasteiger partial charge in [-0.25, -0.2) is 0 Å². The van der Waals surface area contributed by atoms with E-state index in [1.165, 1.54) is 31.2 Å². The van der Waals surface area contributed by atoms with Crippen LogP contribution in [0, 0.1) is 5.92 Å². The molecule has 0 unspecified atom stereocenters. The van der Waals surface area contributed by atoms with Crippen LogP contribution in [0.2, 0.25) is 0 Å². The molecule has 4 atom stereocenters. The second kappa shape index (κ2) is 2.85. The predicted molar refractivity (Wildman–Crippen MR) is 58.8 cm³/mol. The molecule has 0 spiro atoms.